The van der Waals surface area contributed by atoms with Crippen molar-refractivity contribution >= 4 is 11.8 Å². The van der Waals surface area contributed by atoms with Crippen LogP contribution in [0.25, 0.3) is 0 Å². The topological polar surface area (TPSA) is 58.6 Å². The molecule has 0 rings (SSSR count). The molecule has 17 heavy (non-hydrogen) atoms. The van der Waals surface area contributed by atoms with E-state index >= 15 is 0 Å². The molecule has 0 unspecified atom stereocenters. The molecule has 0 aromatic heterocycles. The molecule has 0 heterocycles. The summed E-state index contributed by atoms with van der Waals surface area (Å²) in [7, 11) is 1.73. The van der Waals surface area contributed by atoms with E-state index in [9.17, 15) is 9.59 Å². The predicted molar refractivity (Wildman–Crippen MR) is 66.7 cm³/mol. The molecular formula is C12H24N2O3. The van der Waals surface area contributed by atoms with Crippen LogP contribution in [0.2, 0.25) is 0 Å². The van der Waals surface area contributed by atoms with Crippen molar-refractivity contribution in [2.75, 3.05) is 33.4 Å². The third-order valence-corrected chi connectivity index (χ3v) is 2.38. The molecule has 0 atom stereocenters. The zero-order chi connectivity index (χ0) is 13.1. The normalized spacial score (nSPS) is 10.1. The van der Waals surface area contributed by atoms with Gasteiger partial charge < -0.3 is 15.0 Å². The Bertz CT molecular complexity index is 232. The molecule has 5 nitrogen and oxygen atoms in total. The molecule has 0 fully saturated rings. The highest BCUT2D eigenvalue weighted by molar-refractivity contribution is 5.83. The van der Waals surface area contributed by atoms with Crippen LogP contribution < -0.4 is 5.32 Å². The minimum Gasteiger partial charge on any atom is -0.380 e. The van der Waals surface area contributed by atoms with Crippen molar-refractivity contribution in [1.82, 2.24) is 10.2 Å². The number of hydrogen-bond acceptors (Lipinski definition) is 3. The molecular weight excluding hydrogens is 220 g/mol. The first kappa shape index (κ1) is 15.9. The molecule has 2 amide bonds. The van der Waals surface area contributed by atoms with Crippen LogP contribution in [-0.4, -0.2) is 50.1 Å². The van der Waals surface area contributed by atoms with Gasteiger partial charge in [-0.2, -0.15) is 0 Å². The average Bonchev–Trinajstić information content (AvgIpc) is 2.34. The Kier molecular flexibility index (Phi) is 9.43. The van der Waals surface area contributed by atoms with Gasteiger partial charge in [0.05, 0.1) is 6.61 Å². The number of rotatable bonds is 9. The van der Waals surface area contributed by atoms with E-state index in [1.807, 2.05) is 13.8 Å². The summed E-state index contributed by atoms with van der Waals surface area (Å²) >= 11 is 0. The Morgan fingerprint density at radius 2 is 1.88 bits per heavy atom. The average molecular weight is 244 g/mol. The van der Waals surface area contributed by atoms with E-state index in [1.54, 1.807) is 11.9 Å². The summed E-state index contributed by atoms with van der Waals surface area (Å²) in [4.78, 5) is 24.4. The van der Waals surface area contributed by atoms with Gasteiger partial charge in [-0.1, -0.05) is 6.92 Å². The molecule has 0 saturated heterocycles. The SMILES string of the molecule is CCCOCCNC(=O)CCC(=O)N(C)CC. The van der Waals surface area contributed by atoms with Gasteiger partial charge in [0.15, 0.2) is 0 Å². The first-order valence-electron chi connectivity index (χ1n) is 6.20. The molecule has 0 aliphatic carbocycles. The van der Waals surface area contributed by atoms with Crippen LogP contribution in [-0.2, 0) is 14.3 Å². The zero-order valence-corrected chi connectivity index (χ0v) is 11.1. The minimum atomic E-state index is -0.0945. The highest BCUT2D eigenvalue weighted by Crippen LogP contribution is 1.95. The fourth-order valence-electron chi connectivity index (χ4n) is 1.19. The molecule has 0 saturated carbocycles. The van der Waals surface area contributed by atoms with Crippen molar-refractivity contribution in [3.63, 3.8) is 0 Å². The second kappa shape index (κ2) is 10.1. The smallest absolute Gasteiger partial charge is 0.222 e. The van der Waals surface area contributed by atoms with Crippen LogP contribution in [0.5, 0.6) is 0 Å². The van der Waals surface area contributed by atoms with Gasteiger partial charge in [0.25, 0.3) is 0 Å². The van der Waals surface area contributed by atoms with Gasteiger partial charge in [0.1, 0.15) is 0 Å². The van der Waals surface area contributed by atoms with Crippen LogP contribution >= 0.6 is 0 Å². The van der Waals surface area contributed by atoms with Gasteiger partial charge in [-0.15, -0.1) is 0 Å². The van der Waals surface area contributed by atoms with E-state index in [4.69, 9.17) is 4.74 Å². The van der Waals surface area contributed by atoms with Crippen LogP contribution in [0.15, 0.2) is 0 Å². The van der Waals surface area contributed by atoms with Crippen molar-refractivity contribution in [1.29, 1.82) is 0 Å². The van der Waals surface area contributed by atoms with E-state index < -0.39 is 0 Å². The summed E-state index contributed by atoms with van der Waals surface area (Å²) in [5, 5.41) is 2.72. The Balaban J connectivity index is 3.49. The van der Waals surface area contributed by atoms with Crippen LogP contribution in [0, 0.1) is 0 Å². The zero-order valence-electron chi connectivity index (χ0n) is 11.1. The summed E-state index contributed by atoms with van der Waals surface area (Å²) < 4.78 is 5.22. The lowest BCUT2D eigenvalue weighted by Crippen LogP contribution is -2.30. The largest absolute Gasteiger partial charge is 0.380 e. The molecule has 0 aromatic rings. The number of hydrogen-bond donors (Lipinski definition) is 1. The van der Waals surface area contributed by atoms with Gasteiger partial charge >= 0.3 is 0 Å². The highest BCUT2D eigenvalue weighted by atomic mass is 16.5. The number of carbonyl (C=O) groups is 2. The summed E-state index contributed by atoms with van der Waals surface area (Å²) in [5.74, 6) is -0.0900. The van der Waals surface area contributed by atoms with E-state index in [0.29, 0.717) is 19.7 Å². The Morgan fingerprint density at radius 1 is 1.18 bits per heavy atom. The standard InChI is InChI=1S/C12H24N2O3/c1-4-9-17-10-8-13-11(15)6-7-12(16)14(3)5-2/h4-10H2,1-3H3,(H,13,15). The van der Waals surface area contributed by atoms with Crippen molar-refractivity contribution in [3.05, 3.63) is 0 Å². The number of amides is 2. The molecule has 1 N–H and O–H groups in total. The van der Waals surface area contributed by atoms with Crippen LogP contribution in [0.4, 0.5) is 0 Å². The lowest BCUT2D eigenvalue weighted by Gasteiger charge is -2.13. The summed E-state index contributed by atoms with van der Waals surface area (Å²) in [5.41, 5.74) is 0. The van der Waals surface area contributed by atoms with Crippen molar-refractivity contribution in [2.45, 2.75) is 33.1 Å². The maximum atomic E-state index is 11.4. The third kappa shape index (κ3) is 8.68. The van der Waals surface area contributed by atoms with Gasteiger partial charge in [-0.05, 0) is 13.3 Å². The minimum absolute atomic E-state index is 0.00452. The first-order chi connectivity index (χ1) is 8.11. The molecule has 0 aromatic carbocycles. The van der Waals surface area contributed by atoms with Crippen molar-refractivity contribution < 1.29 is 14.3 Å². The quantitative estimate of drug-likeness (QED) is 0.610. The molecule has 0 spiro atoms. The Morgan fingerprint density at radius 3 is 2.47 bits per heavy atom. The summed E-state index contributed by atoms with van der Waals surface area (Å²) in [6.07, 6.45) is 1.49. The summed E-state index contributed by atoms with van der Waals surface area (Å²) in [6.45, 7) is 6.37. The van der Waals surface area contributed by atoms with E-state index in [2.05, 4.69) is 5.32 Å². The second-order valence-corrected chi connectivity index (χ2v) is 3.87. The van der Waals surface area contributed by atoms with E-state index in [1.165, 1.54) is 0 Å². The monoisotopic (exact) mass is 244 g/mol. The lowest BCUT2D eigenvalue weighted by molar-refractivity contribution is -0.132. The highest BCUT2D eigenvalue weighted by Gasteiger charge is 2.09. The fourth-order valence-corrected chi connectivity index (χ4v) is 1.19. The van der Waals surface area contributed by atoms with E-state index in [0.717, 1.165) is 13.0 Å². The molecule has 100 valence electrons. The maximum absolute atomic E-state index is 11.4. The lowest BCUT2D eigenvalue weighted by atomic mass is 10.2. The van der Waals surface area contributed by atoms with Crippen molar-refractivity contribution in [3.8, 4) is 0 Å². The van der Waals surface area contributed by atoms with E-state index in [-0.39, 0.29) is 24.7 Å². The van der Waals surface area contributed by atoms with Gasteiger partial charge in [-0.25, -0.2) is 0 Å². The molecule has 0 aliphatic rings. The fraction of sp³-hybridized carbons (Fsp3) is 0.833. The summed E-state index contributed by atoms with van der Waals surface area (Å²) in [6, 6.07) is 0. The number of carbonyl (C=O) groups excluding carboxylic acids is 2. The van der Waals surface area contributed by atoms with Crippen LogP contribution in [0.3, 0.4) is 0 Å². The predicted octanol–water partition coefficient (Wildman–Crippen LogP) is 0.788. The van der Waals surface area contributed by atoms with Crippen LogP contribution in [0.1, 0.15) is 33.1 Å². The van der Waals surface area contributed by atoms with Gasteiger partial charge in [0, 0.05) is 39.6 Å². The second-order valence-electron chi connectivity index (χ2n) is 3.87. The number of ether oxygens (including phenoxy) is 1. The van der Waals surface area contributed by atoms with Gasteiger partial charge in [-0.3, -0.25) is 9.59 Å². The first-order valence-corrected chi connectivity index (χ1v) is 6.20. The molecule has 0 radical (unpaired) electrons. The maximum Gasteiger partial charge on any atom is 0.222 e. The molecule has 0 aliphatic heterocycles. The molecule has 0 bridgehead atoms. The number of nitrogens with one attached hydrogen (secondary N) is 1. The van der Waals surface area contributed by atoms with Crippen molar-refractivity contribution in [2.24, 2.45) is 0 Å². The Hall–Kier alpha value is -1.10. The Labute approximate surface area is 103 Å². The molecule has 5 heteroatoms. The van der Waals surface area contributed by atoms with Gasteiger partial charge in [0.2, 0.25) is 11.8 Å². The third-order valence-electron chi connectivity index (χ3n) is 2.38. The number of nitrogens with zero attached hydrogens (tertiary/aromatic N) is 1.